The molecule has 0 nitrogen and oxygen atoms in total. The quantitative estimate of drug-likeness (QED) is 0.179. The maximum absolute atomic E-state index is 2.46. The zero-order valence-corrected chi connectivity index (χ0v) is 17.7. The number of hydrogen-bond donors (Lipinski definition) is 0. The van der Waals surface area contributed by atoms with Crippen LogP contribution in [0.25, 0.3) is 54.2 Å². The molecular formula is C31H22. The van der Waals surface area contributed by atoms with Gasteiger partial charge < -0.3 is 0 Å². The zero-order chi connectivity index (χ0) is 20.7. The number of benzene rings is 6. The Morgan fingerprint density at radius 2 is 1.10 bits per heavy atom. The van der Waals surface area contributed by atoms with Crippen LogP contribution < -0.4 is 0 Å². The molecule has 1 aliphatic rings. The molecule has 0 radical (unpaired) electrons. The minimum absolute atomic E-state index is 0.0439. The van der Waals surface area contributed by atoms with Gasteiger partial charge in [-0.05, 0) is 89.6 Å². The summed E-state index contributed by atoms with van der Waals surface area (Å²) in [6.45, 7) is 4.78. The van der Waals surface area contributed by atoms with Crippen LogP contribution in [0.5, 0.6) is 0 Å². The van der Waals surface area contributed by atoms with E-state index in [-0.39, 0.29) is 5.41 Å². The predicted molar refractivity (Wildman–Crippen MR) is 134 cm³/mol. The lowest BCUT2D eigenvalue weighted by Crippen LogP contribution is -2.15. The summed E-state index contributed by atoms with van der Waals surface area (Å²) in [7, 11) is 0. The highest BCUT2D eigenvalue weighted by atomic mass is 14.4. The molecule has 6 aromatic carbocycles. The number of rotatable bonds is 0. The predicted octanol–water partition coefficient (Wildman–Crippen LogP) is 8.61. The van der Waals surface area contributed by atoms with E-state index in [0.29, 0.717) is 0 Å². The Kier molecular flexibility index (Phi) is 3.16. The van der Waals surface area contributed by atoms with E-state index in [9.17, 15) is 0 Å². The van der Waals surface area contributed by atoms with Crippen molar-refractivity contribution in [3.63, 3.8) is 0 Å². The Bertz CT molecular complexity index is 1700. The molecule has 0 amide bonds. The molecule has 1 aliphatic carbocycles. The number of fused-ring (bicyclic) bond motifs is 9. The van der Waals surface area contributed by atoms with Gasteiger partial charge in [0.2, 0.25) is 0 Å². The molecule has 31 heavy (non-hydrogen) atoms. The maximum atomic E-state index is 2.46. The highest BCUT2D eigenvalue weighted by Gasteiger charge is 2.37. The van der Waals surface area contributed by atoms with E-state index in [2.05, 4.69) is 111 Å². The summed E-state index contributed by atoms with van der Waals surface area (Å²) < 4.78 is 0. The Balaban J connectivity index is 1.60. The molecule has 6 aromatic rings. The molecule has 0 unspecified atom stereocenters. The van der Waals surface area contributed by atoms with Crippen LogP contribution in [0, 0.1) is 0 Å². The average molecular weight is 395 g/mol. The molecule has 146 valence electrons. The summed E-state index contributed by atoms with van der Waals surface area (Å²) in [4.78, 5) is 0. The smallest absolute Gasteiger partial charge is 0.0165 e. The number of hydrogen-bond acceptors (Lipinski definition) is 0. The van der Waals surface area contributed by atoms with Gasteiger partial charge in [0, 0.05) is 5.41 Å². The lowest BCUT2D eigenvalue weighted by Gasteiger charge is -2.24. The summed E-state index contributed by atoms with van der Waals surface area (Å²) >= 11 is 0. The minimum Gasteiger partial charge on any atom is -0.0616 e. The first kappa shape index (κ1) is 17.1. The van der Waals surface area contributed by atoms with E-state index in [1.54, 1.807) is 0 Å². The summed E-state index contributed by atoms with van der Waals surface area (Å²) in [6.07, 6.45) is 0. The van der Waals surface area contributed by atoms with Crippen LogP contribution in [0.2, 0.25) is 0 Å². The van der Waals surface area contributed by atoms with E-state index in [4.69, 9.17) is 0 Å². The summed E-state index contributed by atoms with van der Waals surface area (Å²) in [5.41, 5.74) is 5.63. The van der Waals surface area contributed by atoms with Gasteiger partial charge in [0.05, 0.1) is 0 Å². The van der Waals surface area contributed by atoms with Gasteiger partial charge in [0.1, 0.15) is 0 Å². The van der Waals surface area contributed by atoms with Crippen LogP contribution in [0.4, 0.5) is 0 Å². The Morgan fingerprint density at radius 3 is 1.94 bits per heavy atom. The average Bonchev–Trinajstić information content (AvgIpc) is 3.03. The van der Waals surface area contributed by atoms with Crippen molar-refractivity contribution in [2.24, 2.45) is 0 Å². The summed E-state index contributed by atoms with van der Waals surface area (Å²) in [5.74, 6) is 0. The molecule has 7 rings (SSSR count). The van der Waals surface area contributed by atoms with Gasteiger partial charge in [-0.2, -0.15) is 0 Å². The second-order valence-corrected chi connectivity index (χ2v) is 9.44. The van der Waals surface area contributed by atoms with Crippen molar-refractivity contribution < 1.29 is 0 Å². The molecule has 0 saturated heterocycles. The Hall–Kier alpha value is -3.64. The van der Waals surface area contributed by atoms with E-state index >= 15 is 0 Å². The van der Waals surface area contributed by atoms with Crippen LogP contribution in [0.3, 0.4) is 0 Å². The molecule has 0 heterocycles. The highest BCUT2D eigenvalue weighted by molar-refractivity contribution is 6.11. The fourth-order valence-electron chi connectivity index (χ4n) is 5.84. The van der Waals surface area contributed by atoms with E-state index in [0.717, 1.165) is 0 Å². The van der Waals surface area contributed by atoms with Crippen molar-refractivity contribution in [2.45, 2.75) is 19.3 Å². The van der Waals surface area contributed by atoms with Crippen LogP contribution in [0.1, 0.15) is 25.0 Å². The second kappa shape index (κ2) is 5.74. The molecule has 0 bridgehead atoms. The van der Waals surface area contributed by atoms with Crippen molar-refractivity contribution in [3.8, 4) is 11.1 Å². The first-order valence-electron chi connectivity index (χ1n) is 11.0. The molecule has 0 heteroatoms. The molecular weight excluding hydrogens is 372 g/mol. The normalized spacial score (nSPS) is 14.4. The first-order chi connectivity index (χ1) is 15.1. The lowest BCUT2D eigenvalue weighted by molar-refractivity contribution is 0.667. The molecule has 0 aliphatic heterocycles. The fraction of sp³-hybridized carbons (Fsp3) is 0.0968. The summed E-state index contributed by atoms with van der Waals surface area (Å²) in [6, 6.07) is 36.2. The van der Waals surface area contributed by atoms with E-state index in [1.807, 2.05) is 0 Å². The third-order valence-corrected chi connectivity index (χ3v) is 7.36. The molecule has 0 N–H and O–H groups in total. The van der Waals surface area contributed by atoms with Gasteiger partial charge in [-0.25, -0.2) is 0 Å². The third kappa shape index (κ3) is 2.20. The van der Waals surface area contributed by atoms with Crippen LogP contribution in [-0.2, 0) is 5.41 Å². The monoisotopic (exact) mass is 394 g/mol. The highest BCUT2D eigenvalue weighted by Crippen LogP contribution is 2.53. The van der Waals surface area contributed by atoms with Crippen molar-refractivity contribution >= 4 is 43.1 Å². The maximum Gasteiger partial charge on any atom is 0.0165 e. The molecule has 0 atom stereocenters. The third-order valence-electron chi connectivity index (χ3n) is 7.36. The van der Waals surface area contributed by atoms with Crippen LogP contribution in [-0.4, -0.2) is 0 Å². The van der Waals surface area contributed by atoms with E-state index < -0.39 is 0 Å². The van der Waals surface area contributed by atoms with Gasteiger partial charge in [0.15, 0.2) is 0 Å². The van der Waals surface area contributed by atoms with Crippen molar-refractivity contribution in [2.75, 3.05) is 0 Å². The Morgan fingerprint density at radius 1 is 0.452 bits per heavy atom. The van der Waals surface area contributed by atoms with E-state index in [1.165, 1.54) is 65.3 Å². The topological polar surface area (TPSA) is 0 Å². The second-order valence-electron chi connectivity index (χ2n) is 9.44. The minimum atomic E-state index is -0.0439. The van der Waals surface area contributed by atoms with Crippen LogP contribution in [0.15, 0.2) is 97.1 Å². The Labute approximate surface area is 181 Å². The molecule has 0 aromatic heterocycles. The lowest BCUT2D eigenvalue weighted by atomic mass is 9.79. The van der Waals surface area contributed by atoms with Gasteiger partial charge in [-0.3, -0.25) is 0 Å². The zero-order valence-electron chi connectivity index (χ0n) is 17.7. The molecule has 0 saturated carbocycles. The van der Waals surface area contributed by atoms with Crippen LogP contribution >= 0.6 is 0 Å². The SMILES string of the molecule is CC1(C)c2cc3c(ccc4ccccc43)cc2-c2ccc3cc4ccccc4cc3c21. The standard InChI is InChI=1S/C31H22/c1-31(2)29-18-26-23(12-11-19-7-5-6-10-24(19)26)17-28(29)25-14-13-22-15-20-8-3-4-9-21(20)16-27(22)30(25)31/h3-18H,1-2H3. The molecule has 0 fully saturated rings. The summed E-state index contributed by atoms with van der Waals surface area (Å²) in [5, 5.41) is 10.6. The van der Waals surface area contributed by atoms with Gasteiger partial charge in [-0.15, -0.1) is 0 Å². The van der Waals surface area contributed by atoms with Gasteiger partial charge in [0.25, 0.3) is 0 Å². The van der Waals surface area contributed by atoms with Gasteiger partial charge in [-0.1, -0.05) is 86.6 Å². The van der Waals surface area contributed by atoms with Crippen molar-refractivity contribution in [3.05, 3.63) is 108 Å². The fourth-order valence-corrected chi connectivity index (χ4v) is 5.84. The molecule has 0 spiro atoms. The van der Waals surface area contributed by atoms with Crippen molar-refractivity contribution in [1.82, 2.24) is 0 Å². The van der Waals surface area contributed by atoms with Crippen molar-refractivity contribution in [1.29, 1.82) is 0 Å². The largest absolute Gasteiger partial charge is 0.0616 e. The van der Waals surface area contributed by atoms with Gasteiger partial charge >= 0.3 is 0 Å². The first-order valence-corrected chi connectivity index (χ1v) is 11.0.